The van der Waals surface area contributed by atoms with Crippen LogP contribution >= 0.6 is 23.2 Å². The maximum absolute atomic E-state index is 12.0. The van der Waals surface area contributed by atoms with Gasteiger partial charge in [-0.15, -0.1) is 0 Å². The van der Waals surface area contributed by atoms with Crippen molar-refractivity contribution < 1.29 is 14.3 Å². The summed E-state index contributed by atoms with van der Waals surface area (Å²) in [5, 5.41) is 0.925. The molecule has 0 radical (unpaired) electrons. The van der Waals surface area contributed by atoms with E-state index in [1.807, 2.05) is 0 Å². The molecule has 1 aromatic carbocycles. The Balaban J connectivity index is 2.20. The zero-order chi connectivity index (χ0) is 14.0. The van der Waals surface area contributed by atoms with Gasteiger partial charge in [0.2, 0.25) is 5.91 Å². The number of amides is 1. The quantitative estimate of drug-likeness (QED) is 0.807. The first-order valence-corrected chi connectivity index (χ1v) is 6.70. The standard InChI is InChI=1S/C13H13Cl2NO3/c1-2-19-13(18)8-5-12(17)16(7-8)11-6-9(14)3-4-10(11)15/h3-4,6,8H,2,5,7H2,1H3/t8-/m0/s1. The lowest BCUT2D eigenvalue weighted by molar-refractivity contribution is -0.147. The summed E-state index contributed by atoms with van der Waals surface area (Å²) in [5.74, 6) is -0.943. The minimum Gasteiger partial charge on any atom is -0.466 e. The SMILES string of the molecule is CCOC(=O)[C@H]1CC(=O)N(c2cc(Cl)ccc2Cl)C1. The third-order valence-electron chi connectivity index (χ3n) is 2.94. The molecule has 19 heavy (non-hydrogen) atoms. The van der Waals surface area contributed by atoms with Gasteiger partial charge in [-0.3, -0.25) is 9.59 Å². The molecule has 0 spiro atoms. The lowest BCUT2D eigenvalue weighted by atomic mass is 10.1. The van der Waals surface area contributed by atoms with E-state index in [0.717, 1.165) is 0 Å². The van der Waals surface area contributed by atoms with Gasteiger partial charge in [0.1, 0.15) is 0 Å². The lowest BCUT2D eigenvalue weighted by Gasteiger charge is -2.18. The van der Waals surface area contributed by atoms with Gasteiger partial charge in [0.25, 0.3) is 0 Å². The van der Waals surface area contributed by atoms with Crippen LogP contribution in [0.2, 0.25) is 10.0 Å². The van der Waals surface area contributed by atoms with Crippen LogP contribution in [0.25, 0.3) is 0 Å². The Morgan fingerprint density at radius 2 is 2.21 bits per heavy atom. The first kappa shape index (κ1) is 14.2. The molecule has 1 aliphatic rings. The number of carbonyl (C=O) groups excluding carboxylic acids is 2. The zero-order valence-electron chi connectivity index (χ0n) is 10.4. The van der Waals surface area contributed by atoms with Crippen LogP contribution in [0.3, 0.4) is 0 Å². The van der Waals surface area contributed by atoms with E-state index in [9.17, 15) is 9.59 Å². The van der Waals surface area contributed by atoms with Crippen LogP contribution in [0, 0.1) is 5.92 Å². The molecule has 102 valence electrons. The molecule has 1 aromatic rings. The lowest BCUT2D eigenvalue weighted by Crippen LogP contribution is -2.26. The fourth-order valence-electron chi connectivity index (χ4n) is 2.05. The van der Waals surface area contributed by atoms with Gasteiger partial charge in [-0.05, 0) is 25.1 Å². The second-order valence-corrected chi connectivity index (χ2v) is 5.10. The molecule has 0 bridgehead atoms. The maximum atomic E-state index is 12.0. The number of halogens is 2. The molecule has 1 fully saturated rings. The Morgan fingerprint density at radius 1 is 1.47 bits per heavy atom. The number of esters is 1. The summed E-state index contributed by atoms with van der Waals surface area (Å²) >= 11 is 12.0. The summed E-state index contributed by atoms with van der Waals surface area (Å²) in [5.41, 5.74) is 0.533. The number of anilines is 1. The summed E-state index contributed by atoms with van der Waals surface area (Å²) in [6, 6.07) is 4.90. The molecule has 1 saturated heterocycles. The molecule has 0 N–H and O–H groups in total. The summed E-state index contributed by atoms with van der Waals surface area (Å²) in [6.07, 6.45) is 0.141. The number of nitrogens with zero attached hydrogens (tertiary/aromatic N) is 1. The largest absolute Gasteiger partial charge is 0.466 e. The Labute approximate surface area is 121 Å². The van der Waals surface area contributed by atoms with Crippen LogP contribution in [0.5, 0.6) is 0 Å². The normalized spacial score (nSPS) is 18.8. The average molecular weight is 302 g/mol. The molecular weight excluding hydrogens is 289 g/mol. The third kappa shape index (κ3) is 3.01. The molecule has 1 heterocycles. The highest BCUT2D eigenvalue weighted by Gasteiger charge is 2.36. The van der Waals surface area contributed by atoms with Crippen molar-refractivity contribution in [2.45, 2.75) is 13.3 Å². The molecule has 1 atom stereocenters. The Morgan fingerprint density at radius 3 is 2.89 bits per heavy atom. The van der Waals surface area contributed by atoms with Crippen molar-refractivity contribution >= 4 is 40.8 Å². The Hall–Kier alpha value is -1.26. The van der Waals surface area contributed by atoms with Crippen LogP contribution in [-0.2, 0) is 14.3 Å². The van der Waals surface area contributed by atoms with Gasteiger partial charge < -0.3 is 9.64 Å². The number of ether oxygens (including phenoxy) is 1. The zero-order valence-corrected chi connectivity index (χ0v) is 11.9. The van der Waals surface area contributed by atoms with Crippen molar-refractivity contribution in [3.63, 3.8) is 0 Å². The highest BCUT2D eigenvalue weighted by atomic mass is 35.5. The number of benzene rings is 1. The number of carbonyl (C=O) groups is 2. The van der Waals surface area contributed by atoms with E-state index in [0.29, 0.717) is 22.3 Å². The van der Waals surface area contributed by atoms with Gasteiger partial charge >= 0.3 is 5.97 Å². The smallest absolute Gasteiger partial charge is 0.311 e. The fraction of sp³-hybridized carbons (Fsp3) is 0.385. The number of rotatable bonds is 3. The van der Waals surface area contributed by atoms with Crippen LogP contribution in [-0.4, -0.2) is 25.0 Å². The highest BCUT2D eigenvalue weighted by Crippen LogP contribution is 2.33. The van der Waals surface area contributed by atoms with Gasteiger partial charge in [0.05, 0.1) is 23.2 Å². The van der Waals surface area contributed by atoms with Gasteiger partial charge in [-0.25, -0.2) is 0 Å². The molecule has 0 aliphatic carbocycles. The van der Waals surface area contributed by atoms with Gasteiger partial charge in [-0.1, -0.05) is 23.2 Å². The predicted molar refractivity (Wildman–Crippen MR) is 73.6 cm³/mol. The van der Waals surface area contributed by atoms with Crippen LogP contribution in [0.15, 0.2) is 18.2 Å². The highest BCUT2D eigenvalue weighted by molar-refractivity contribution is 6.35. The summed E-state index contributed by atoms with van der Waals surface area (Å²) in [4.78, 5) is 25.1. The van der Waals surface area contributed by atoms with E-state index in [2.05, 4.69) is 0 Å². The second kappa shape index (κ2) is 5.80. The van der Waals surface area contributed by atoms with Crippen LogP contribution in [0.4, 0.5) is 5.69 Å². The topological polar surface area (TPSA) is 46.6 Å². The molecule has 1 amide bonds. The monoisotopic (exact) mass is 301 g/mol. The van der Waals surface area contributed by atoms with Crippen molar-refractivity contribution in [3.05, 3.63) is 28.2 Å². The van der Waals surface area contributed by atoms with E-state index >= 15 is 0 Å². The van der Waals surface area contributed by atoms with Crippen molar-refractivity contribution in [1.82, 2.24) is 0 Å². The molecular formula is C13H13Cl2NO3. The Bertz CT molecular complexity index is 519. The summed E-state index contributed by atoms with van der Waals surface area (Å²) in [6.45, 7) is 2.32. The third-order valence-corrected chi connectivity index (χ3v) is 3.50. The first-order valence-electron chi connectivity index (χ1n) is 5.95. The molecule has 4 nitrogen and oxygen atoms in total. The van der Waals surface area contributed by atoms with E-state index in [1.54, 1.807) is 25.1 Å². The molecule has 0 aromatic heterocycles. The van der Waals surface area contributed by atoms with Gasteiger partial charge in [0, 0.05) is 18.0 Å². The average Bonchev–Trinajstić information content (AvgIpc) is 2.75. The van der Waals surface area contributed by atoms with Gasteiger partial charge in [0.15, 0.2) is 0 Å². The van der Waals surface area contributed by atoms with Crippen molar-refractivity contribution in [3.8, 4) is 0 Å². The van der Waals surface area contributed by atoms with Crippen LogP contribution < -0.4 is 4.90 Å². The van der Waals surface area contributed by atoms with Crippen molar-refractivity contribution in [1.29, 1.82) is 0 Å². The fourth-order valence-corrected chi connectivity index (χ4v) is 2.44. The predicted octanol–water partition coefficient (Wildman–Crippen LogP) is 2.91. The maximum Gasteiger partial charge on any atom is 0.311 e. The molecule has 0 saturated carbocycles. The first-order chi connectivity index (χ1) is 9.02. The van der Waals surface area contributed by atoms with Crippen molar-refractivity contribution in [2.75, 3.05) is 18.1 Å². The van der Waals surface area contributed by atoms with Gasteiger partial charge in [-0.2, -0.15) is 0 Å². The molecule has 6 heteroatoms. The summed E-state index contributed by atoms with van der Waals surface area (Å²) in [7, 11) is 0. The summed E-state index contributed by atoms with van der Waals surface area (Å²) < 4.78 is 4.94. The number of hydrogen-bond donors (Lipinski definition) is 0. The molecule has 0 unspecified atom stereocenters. The minimum absolute atomic E-state index is 0.141. The van der Waals surface area contributed by atoms with E-state index in [4.69, 9.17) is 27.9 Å². The molecule has 1 aliphatic heterocycles. The minimum atomic E-state index is -0.442. The number of hydrogen-bond acceptors (Lipinski definition) is 3. The second-order valence-electron chi connectivity index (χ2n) is 4.25. The van der Waals surface area contributed by atoms with Crippen molar-refractivity contribution in [2.24, 2.45) is 5.92 Å². The Kier molecular flexibility index (Phi) is 4.32. The molecule has 2 rings (SSSR count). The van der Waals surface area contributed by atoms with E-state index in [-0.39, 0.29) is 24.8 Å². The van der Waals surface area contributed by atoms with E-state index in [1.165, 1.54) is 4.90 Å². The van der Waals surface area contributed by atoms with Crippen LogP contribution in [0.1, 0.15) is 13.3 Å². The van der Waals surface area contributed by atoms with E-state index < -0.39 is 5.92 Å².